The lowest BCUT2D eigenvalue weighted by Crippen LogP contribution is -2.25. The van der Waals surface area contributed by atoms with E-state index in [2.05, 4.69) is 15.2 Å². The Morgan fingerprint density at radius 3 is 2.77 bits per heavy atom. The lowest BCUT2D eigenvalue weighted by atomic mass is 10.0. The molecule has 0 unspecified atom stereocenters. The normalized spacial score (nSPS) is 16.2. The van der Waals surface area contributed by atoms with Gasteiger partial charge in [0.25, 0.3) is 5.91 Å². The number of benzene rings is 2. The zero-order chi connectivity index (χ0) is 20.5. The fraction of sp³-hybridized carbons (Fsp3) is 0.174. The molecule has 0 bridgehead atoms. The topological polar surface area (TPSA) is 62.5 Å². The van der Waals surface area contributed by atoms with Gasteiger partial charge in [0.05, 0.1) is 12.2 Å². The van der Waals surface area contributed by atoms with Crippen LogP contribution in [0.5, 0.6) is 0 Å². The first-order valence-corrected chi connectivity index (χ1v) is 9.92. The fourth-order valence-corrected chi connectivity index (χ4v) is 3.99. The van der Waals surface area contributed by atoms with Crippen LogP contribution in [0.3, 0.4) is 0 Å². The van der Waals surface area contributed by atoms with Crippen molar-refractivity contribution in [2.75, 3.05) is 16.8 Å². The van der Waals surface area contributed by atoms with Gasteiger partial charge in [0.2, 0.25) is 0 Å². The van der Waals surface area contributed by atoms with Crippen LogP contribution in [0.25, 0.3) is 5.65 Å². The van der Waals surface area contributed by atoms with Gasteiger partial charge in [-0.3, -0.25) is 4.79 Å². The van der Waals surface area contributed by atoms with Gasteiger partial charge in [-0.25, -0.2) is 13.9 Å². The molecule has 0 aliphatic carbocycles. The standard InChI is InChI=1S/C23H20FN5O/c24-17-7-4-6-16(14-17)19-10-5-13-28(19)22-12-11-21-25-15-20(29(21)27-22)23(30)26-18-8-2-1-3-9-18/h1-4,6-9,11-12,14-15,19H,5,10,13H2,(H,26,30)/t19-/m1/s1. The number of carbonyl (C=O) groups excluding carboxylic acids is 1. The summed E-state index contributed by atoms with van der Waals surface area (Å²) >= 11 is 0. The van der Waals surface area contributed by atoms with Crippen molar-refractivity contribution in [1.82, 2.24) is 14.6 Å². The maximum Gasteiger partial charge on any atom is 0.276 e. The summed E-state index contributed by atoms with van der Waals surface area (Å²) in [7, 11) is 0. The maximum atomic E-state index is 13.7. The number of aromatic nitrogens is 3. The number of rotatable bonds is 4. The number of para-hydroxylation sites is 1. The van der Waals surface area contributed by atoms with Crippen LogP contribution in [0.4, 0.5) is 15.9 Å². The van der Waals surface area contributed by atoms with Crippen molar-refractivity contribution >= 4 is 23.1 Å². The van der Waals surface area contributed by atoms with Gasteiger partial charge in [-0.1, -0.05) is 30.3 Å². The summed E-state index contributed by atoms with van der Waals surface area (Å²) in [4.78, 5) is 19.2. The molecule has 1 fully saturated rings. The minimum absolute atomic E-state index is 0.0516. The van der Waals surface area contributed by atoms with Crippen molar-refractivity contribution in [3.63, 3.8) is 0 Å². The molecule has 1 saturated heterocycles. The van der Waals surface area contributed by atoms with E-state index in [1.165, 1.54) is 12.3 Å². The fourth-order valence-electron chi connectivity index (χ4n) is 3.99. The summed E-state index contributed by atoms with van der Waals surface area (Å²) in [6.45, 7) is 0.819. The number of fused-ring (bicyclic) bond motifs is 1. The van der Waals surface area contributed by atoms with Crippen molar-refractivity contribution in [3.05, 3.63) is 90.0 Å². The van der Waals surface area contributed by atoms with E-state index in [9.17, 15) is 9.18 Å². The third-order valence-corrected chi connectivity index (χ3v) is 5.39. The predicted octanol–water partition coefficient (Wildman–Crippen LogP) is 4.46. The van der Waals surface area contributed by atoms with E-state index in [0.717, 1.165) is 30.8 Å². The molecule has 1 atom stereocenters. The zero-order valence-electron chi connectivity index (χ0n) is 16.2. The van der Waals surface area contributed by atoms with Crippen molar-refractivity contribution < 1.29 is 9.18 Å². The number of nitrogens with one attached hydrogen (secondary N) is 1. The third kappa shape index (κ3) is 3.39. The Labute approximate surface area is 173 Å². The molecule has 150 valence electrons. The van der Waals surface area contributed by atoms with Crippen molar-refractivity contribution in [3.8, 4) is 0 Å². The number of nitrogens with zero attached hydrogens (tertiary/aromatic N) is 4. The molecule has 5 rings (SSSR count). The van der Waals surface area contributed by atoms with Gasteiger partial charge in [-0.05, 0) is 54.8 Å². The summed E-state index contributed by atoms with van der Waals surface area (Å²) in [6, 6.07) is 19.8. The SMILES string of the molecule is O=C(Nc1ccccc1)c1cnc2ccc(N3CCC[C@@H]3c3cccc(F)c3)nn12. The average molecular weight is 401 g/mol. The predicted molar refractivity (Wildman–Crippen MR) is 113 cm³/mol. The Balaban J connectivity index is 1.47. The molecule has 3 heterocycles. The molecule has 0 saturated carbocycles. The van der Waals surface area contributed by atoms with Crippen LogP contribution in [-0.4, -0.2) is 27.0 Å². The molecule has 7 heteroatoms. The molecule has 2 aromatic carbocycles. The van der Waals surface area contributed by atoms with Crippen LogP contribution < -0.4 is 10.2 Å². The van der Waals surface area contributed by atoms with E-state index in [0.29, 0.717) is 17.0 Å². The second-order valence-electron chi connectivity index (χ2n) is 7.33. The highest BCUT2D eigenvalue weighted by molar-refractivity contribution is 6.03. The highest BCUT2D eigenvalue weighted by atomic mass is 19.1. The van der Waals surface area contributed by atoms with Gasteiger partial charge < -0.3 is 10.2 Å². The van der Waals surface area contributed by atoms with E-state index in [-0.39, 0.29) is 17.8 Å². The molecule has 1 aliphatic heterocycles. The monoisotopic (exact) mass is 401 g/mol. The van der Waals surface area contributed by atoms with Gasteiger partial charge in [0, 0.05) is 12.2 Å². The number of anilines is 2. The Hall–Kier alpha value is -3.74. The van der Waals surface area contributed by atoms with Crippen LogP contribution in [0.1, 0.15) is 34.9 Å². The van der Waals surface area contributed by atoms with Crippen LogP contribution >= 0.6 is 0 Å². The smallest absolute Gasteiger partial charge is 0.276 e. The number of amides is 1. The summed E-state index contributed by atoms with van der Waals surface area (Å²) < 4.78 is 15.3. The molecule has 6 nitrogen and oxygen atoms in total. The van der Waals surface area contributed by atoms with Crippen LogP contribution in [-0.2, 0) is 0 Å². The van der Waals surface area contributed by atoms with Crippen LogP contribution in [0, 0.1) is 5.82 Å². The molecule has 2 aromatic heterocycles. The third-order valence-electron chi connectivity index (χ3n) is 5.39. The van der Waals surface area contributed by atoms with Gasteiger partial charge in [0.15, 0.2) is 11.3 Å². The minimum atomic E-state index is -0.276. The molecule has 0 radical (unpaired) electrons. The molecular weight excluding hydrogens is 381 g/mol. The van der Waals surface area contributed by atoms with E-state index in [1.54, 1.807) is 16.6 Å². The van der Waals surface area contributed by atoms with Crippen molar-refractivity contribution in [2.45, 2.75) is 18.9 Å². The summed E-state index contributed by atoms with van der Waals surface area (Å²) in [5.41, 5.74) is 2.59. The Morgan fingerprint density at radius 2 is 1.93 bits per heavy atom. The highest BCUT2D eigenvalue weighted by Crippen LogP contribution is 2.35. The van der Waals surface area contributed by atoms with E-state index in [4.69, 9.17) is 5.10 Å². The quantitative estimate of drug-likeness (QED) is 0.548. The first-order chi connectivity index (χ1) is 14.7. The Morgan fingerprint density at radius 1 is 1.07 bits per heavy atom. The van der Waals surface area contributed by atoms with Gasteiger partial charge >= 0.3 is 0 Å². The van der Waals surface area contributed by atoms with Crippen molar-refractivity contribution in [1.29, 1.82) is 0 Å². The zero-order valence-corrected chi connectivity index (χ0v) is 16.2. The number of carbonyl (C=O) groups is 1. The molecule has 1 N–H and O–H groups in total. The number of hydrogen-bond acceptors (Lipinski definition) is 4. The molecule has 0 spiro atoms. The molecule has 1 aliphatic rings. The summed E-state index contributed by atoms with van der Waals surface area (Å²) in [6.07, 6.45) is 3.44. The first-order valence-electron chi connectivity index (χ1n) is 9.92. The van der Waals surface area contributed by atoms with Crippen LogP contribution in [0.15, 0.2) is 72.9 Å². The lowest BCUT2D eigenvalue weighted by molar-refractivity contribution is 0.102. The summed E-state index contributed by atoms with van der Waals surface area (Å²) in [5, 5.41) is 7.57. The molecular formula is C23H20FN5O. The van der Waals surface area contributed by atoms with Crippen molar-refractivity contribution in [2.24, 2.45) is 0 Å². The van der Waals surface area contributed by atoms with E-state index in [1.807, 2.05) is 48.5 Å². The second-order valence-corrected chi connectivity index (χ2v) is 7.33. The molecule has 1 amide bonds. The number of halogens is 1. The lowest BCUT2D eigenvalue weighted by Gasteiger charge is -2.26. The number of hydrogen-bond donors (Lipinski definition) is 1. The summed E-state index contributed by atoms with van der Waals surface area (Å²) in [5.74, 6) is 0.222. The van der Waals surface area contributed by atoms with Crippen LogP contribution in [0.2, 0.25) is 0 Å². The maximum absolute atomic E-state index is 13.7. The van der Waals surface area contributed by atoms with E-state index >= 15 is 0 Å². The van der Waals surface area contributed by atoms with Gasteiger partial charge in [-0.15, -0.1) is 5.10 Å². The van der Waals surface area contributed by atoms with Gasteiger partial charge in [0.1, 0.15) is 11.6 Å². The molecule has 30 heavy (non-hydrogen) atoms. The minimum Gasteiger partial charge on any atom is -0.348 e. The number of imidazole rings is 1. The largest absolute Gasteiger partial charge is 0.348 e. The second kappa shape index (κ2) is 7.59. The molecule has 4 aromatic rings. The van der Waals surface area contributed by atoms with E-state index < -0.39 is 0 Å². The average Bonchev–Trinajstić information content (AvgIpc) is 3.41. The Bertz CT molecular complexity index is 1210. The Kier molecular flexibility index (Phi) is 4.63. The van der Waals surface area contributed by atoms with Gasteiger partial charge in [-0.2, -0.15) is 0 Å². The first kappa shape index (κ1) is 18.3. The highest BCUT2D eigenvalue weighted by Gasteiger charge is 2.28.